The predicted octanol–water partition coefficient (Wildman–Crippen LogP) is 3.05. The van der Waals surface area contributed by atoms with Gasteiger partial charge in [-0.1, -0.05) is 26.8 Å². The minimum atomic E-state index is 0.114. The lowest BCUT2D eigenvalue weighted by Gasteiger charge is -2.15. The summed E-state index contributed by atoms with van der Waals surface area (Å²) in [5, 5.41) is 8.61. The van der Waals surface area contributed by atoms with Crippen LogP contribution >= 0.6 is 11.3 Å². The van der Waals surface area contributed by atoms with Gasteiger partial charge < -0.3 is 5.11 Å². The molecule has 0 aliphatic heterocycles. The van der Waals surface area contributed by atoms with Gasteiger partial charge in [-0.05, 0) is 23.6 Å². The van der Waals surface area contributed by atoms with Crippen LogP contribution in [0.25, 0.3) is 6.08 Å². The van der Waals surface area contributed by atoms with Crippen molar-refractivity contribution in [3.8, 4) is 0 Å². The monoisotopic (exact) mass is 196 g/mol. The smallest absolute Gasteiger partial charge is 0.0615 e. The van der Waals surface area contributed by atoms with E-state index in [1.807, 2.05) is 6.08 Å². The minimum Gasteiger partial charge on any atom is -0.392 e. The van der Waals surface area contributed by atoms with Gasteiger partial charge in [0.15, 0.2) is 0 Å². The van der Waals surface area contributed by atoms with Crippen LogP contribution < -0.4 is 0 Å². The van der Waals surface area contributed by atoms with E-state index in [0.29, 0.717) is 0 Å². The summed E-state index contributed by atoms with van der Waals surface area (Å²) >= 11 is 1.78. The largest absolute Gasteiger partial charge is 0.392 e. The quantitative estimate of drug-likeness (QED) is 0.770. The van der Waals surface area contributed by atoms with Crippen LogP contribution in [0.2, 0.25) is 0 Å². The standard InChI is InChI=1S/C11H16OS/c1-11(2,3)10-7-6-9(13-10)5-4-8-12/h4-7,12H,8H2,1-3H3/b5-4+. The van der Waals surface area contributed by atoms with Crippen molar-refractivity contribution in [3.05, 3.63) is 28.0 Å². The Balaban J connectivity index is 2.81. The number of thiophene rings is 1. The van der Waals surface area contributed by atoms with Gasteiger partial charge >= 0.3 is 0 Å². The van der Waals surface area contributed by atoms with Crippen LogP contribution in [0.4, 0.5) is 0 Å². The number of hydrogen-bond donors (Lipinski definition) is 1. The summed E-state index contributed by atoms with van der Waals surface area (Å²) in [6.07, 6.45) is 3.72. The normalized spacial score (nSPS) is 12.6. The molecule has 0 aliphatic rings. The maximum Gasteiger partial charge on any atom is 0.0615 e. The average molecular weight is 196 g/mol. The molecule has 0 saturated heterocycles. The summed E-state index contributed by atoms with van der Waals surface area (Å²) in [5.74, 6) is 0. The third-order valence-corrected chi connectivity index (χ3v) is 3.23. The highest BCUT2D eigenvalue weighted by molar-refractivity contribution is 7.13. The Hall–Kier alpha value is -0.600. The third kappa shape index (κ3) is 2.98. The van der Waals surface area contributed by atoms with Crippen molar-refractivity contribution in [2.45, 2.75) is 26.2 Å². The first-order chi connectivity index (χ1) is 6.04. The molecule has 0 amide bonds. The molecule has 1 rings (SSSR count). The zero-order chi connectivity index (χ0) is 9.90. The first-order valence-corrected chi connectivity index (χ1v) is 5.23. The summed E-state index contributed by atoms with van der Waals surface area (Å²) < 4.78 is 0. The zero-order valence-corrected chi connectivity index (χ0v) is 9.19. The van der Waals surface area contributed by atoms with Gasteiger partial charge in [0, 0.05) is 9.75 Å². The molecule has 0 aliphatic carbocycles. The molecule has 13 heavy (non-hydrogen) atoms. The van der Waals surface area contributed by atoms with Gasteiger partial charge in [0.25, 0.3) is 0 Å². The summed E-state index contributed by atoms with van der Waals surface area (Å²) in [4.78, 5) is 2.59. The molecule has 0 radical (unpaired) electrons. The SMILES string of the molecule is CC(C)(C)c1ccc(/C=C/CO)s1. The summed E-state index contributed by atoms with van der Waals surface area (Å²) in [5.41, 5.74) is 0.232. The van der Waals surface area contributed by atoms with Gasteiger partial charge in [-0.25, -0.2) is 0 Å². The Morgan fingerprint density at radius 1 is 1.38 bits per heavy atom. The van der Waals surface area contributed by atoms with Crippen molar-refractivity contribution < 1.29 is 5.11 Å². The summed E-state index contributed by atoms with van der Waals surface area (Å²) in [7, 11) is 0. The lowest BCUT2D eigenvalue weighted by Crippen LogP contribution is -2.07. The first-order valence-electron chi connectivity index (χ1n) is 4.42. The van der Waals surface area contributed by atoms with Crippen LogP contribution in [0, 0.1) is 0 Å². The van der Waals surface area contributed by atoms with Gasteiger partial charge in [-0.2, -0.15) is 0 Å². The Morgan fingerprint density at radius 3 is 2.54 bits per heavy atom. The lowest BCUT2D eigenvalue weighted by molar-refractivity contribution is 0.343. The van der Waals surface area contributed by atoms with Crippen LogP contribution in [0.15, 0.2) is 18.2 Å². The van der Waals surface area contributed by atoms with Crippen LogP contribution in [0.5, 0.6) is 0 Å². The molecule has 72 valence electrons. The number of hydrogen-bond acceptors (Lipinski definition) is 2. The fourth-order valence-electron chi connectivity index (χ4n) is 1.01. The van der Waals surface area contributed by atoms with E-state index in [1.54, 1.807) is 17.4 Å². The van der Waals surface area contributed by atoms with E-state index in [1.165, 1.54) is 9.75 Å². The molecule has 1 heterocycles. The summed E-state index contributed by atoms with van der Waals surface area (Å²) in [6, 6.07) is 4.25. The van der Waals surface area contributed by atoms with Crippen molar-refractivity contribution in [3.63, 3.8) is 0 Å². The number of aliphatic hydroxyl groups excluding tert-OH is 1. The Kier molecular flexibility index (Phi) is 3.28. The van der Waals surface area contributed by atoms with E-state index in [2.05, 4.69) is 32.9 Å². The van der Waals surface area contributed by atoms with Crippen LogP contribution in [0.3, 0.4) is 0 Å². The molecule has 0 spiro atoms. The van der Waals surface area contributed by atoms with Crippen molar-refractivity contribution >= 4 is 17.4 Å². The van der Waals surface area contributed by atoms with Gasteiger partial charge in [0.05, 0.1) is 6.61 Å². The Morgan fingerprint density at radius 2 is 2.08 bits per heavy atom. The predicted molar refractivity (Wildman–Crippen MR) is 59.1 cm³/mol. The molecule has 1 aromatic heterocycles. The van der Waals surface area contributed by atoms with Gasteiger partial charge in [-0.15, -0.1) is 11.3 Å². The molecule has 1 aromatic rings. The molecule has 0 aromatic carbocycles. The van der Waals surface area contributed by atoms with E-state index in [0.717, 1.165) is 0 Å². The fourth-order valence-corrected chi connectivity index (χ4v) is 2.01. The number of aliphatic hydroxyl groups is 1. The van der Waals surface area contributed by atoms with Crippen LogP contribution in [-0.2, 0) is 5.41 Å². The summed E-state index contributed by atoms with van der Waals surface area (Å²) in [6.45, 7) is 6.73. The Labute approximate surface area is 83.7 Å². The molecule has 1 N–H and O–H groups in total. The van der Waals surface area contributed by atoms with Gasteiger partial charge in [0.2, 0.25) is 0 Å². The molecule has 2 heteroatoms. The maximum absolute atomic E-state index is 8.61. The van der Waals surface area contributed by atoms with E-state index < -0.39 is 0 Å². The fraction of sp³-hybridized carbons (Fsp3) is 0.455. The van der Waals surface area contributed by atoms with Crippen LogP contribution in [-0.4, -0.2) is 11.7 Å². The molecule has 0 fully saturated rings. The van der Waals surface area contributed by atoms with E-state index >= 15 is 0 Å². The van der Waals surface area contributed by atoms with Crippen LogP contribution in [0.1, 0.15) is 30.5 Å². The first kappa shape index (κ1) is 10.5. The molecule has 0 saturated carbocycles. The van der Waals surface area contributed by atoms with E-state index in [9.17, 15) is 0 Å². The minimum absolute atomic E-state index is 0.114. The second-order valence-electron chi connectivity index (χ2n) is 4.04. The topological polar surface area (TPSA) is 20.2 Å². The second kappa shape index (κ2) is 4.07. The van der Waals surface area contributed by atoms with Crippen molar-refractivity contribution in [1.29, 1.82) is 0 Å². The molecule has 1 nitrogen and oxygen atoms in total. The second-order valence-corrected chi connectivity index (χ2v) is 5.15. The molecular formula is C11H16OS. The molecule has 0 bridgehead atoms. The molecular weight excluding hydrogens is 180 g/mol. The maximum atomic E-state index is 8.61. The lowest BCUT2D eigenvalue weighted by atomic mass is 9.95. The highest BCUT2D eigenvalue weighted by atomic mass is 32.1. The molecule has 0 atom stereocenters. The highest BCUT2D eigenvalue weighted by Crippen LogP contribution is 2.29. The van der Waals surface area contributed by atoms with Crippen molar-refractivity contribution in [1.82, 2.24) is 0 Å². The number of rotatable bonds is 2. The van der Waals surface area contributed by atoms with Gasteiger partial charge in [-0.3, -0.25) is 0 Å². The molecule has 0 unspecified atom stereocenters. The zero-order valence-electron chi connectivity index (χ0n) is 8.37. The highest BCUT2D eigenvalue weighted by Gasteiger charge is 2.14. The third-order valence-electron chi connectivity index (χ3n) is 1.75. The Bertz CT molecular complexity index is 291. The van der Waals surface area contributed by atoms with Crippen molar-refractivity contribution in [2.75, 3.05) is 6.61 Å². The average Bonchev–Trinajstić information content (AvgIpc) is 2.47. The van der Waals surface area contributed by atoms with E-state index in [4.69, 9.17) is 5.11 Å². The van der Waals surface area contributed by atoms with E-state index in [-0.39, 0.29) is 12.0 Å². The van der Waals surface area contributed by atoms with Gasteiger partial charge in [0.1, 0.15) is 0 Å². The van der Waals surface area contributed by atoms with Crippen molar-refractivity contribution in [2.24, 2.45) is 0 Å².